The van der Waals surface area contributed by atoms with Crippen LogP contribution in [0.1, 0.15) is 39.6 Å². The standard InChI is InChI=1S/C43H43N3O6S/c1-31-17-19-32(20-18-31)40(23-24-44-25-27-45(28-26-44)39-15-9-10-16-41(39)50-2)52-33-21-22-36(42(29-33)51-3)43(47)37-30-46(38-14-8-7-13-35(37)38)53(48,49)34-11-5-4-6-12-34/h4-22,29-30,40H,23-28H2,1-3H3. The highest BCUT2D eigenvalue weighted by atomic mass is 32.2. The van der Waals surface area contributed by atoms with Gasteiger partial charge < -0.3 is 19.1 Å². The molecule has 0 aliphatic carbocycles. The van der Waals surface area contributed by atoms with Crippen LogP contribution in [0.15, 0.2) is 132 Å². The van der Waals surface area contributed by atoms with Gasteiger partial charge in [0.1, 0.15) is 23.4 Å². The van der Waals surface area contributed by atoms with Crippen LogP contribution in [-0.2, 0) is 10.0 Å². The monoisotopic (exact) mass is 729 g/mol. The minimum atomic E-state index is -3.96. The lowest BCUT2D eigenvalue weighted by atomic mass is 10.0. The molecule has 0 saturated carbocycles. The zero-order valence-corrected chi connectivity index (χ0v) is 31.0. The summed E-state index contributed by atoms with van der Waals surface area (Å²) in [5, 5.41) is 0.530. The van der Waals surface area contributed by atoms with Gasteiger partial charge in [-0.05, 0) is 55.0 Å². The Hall–Kier alpha value is -5.58. The highest BCUT2D eigenvalue weighted by molar-refractivity contribution is 7.90. The Morgan fingerprint density at radius 3 is 2.15 bits per heavy atom. The Morgan fingerprint density at radius 2 is 1.42 bits per heavy atom. The van der Waals surface area contributed by atoms with Gasteiger partial charge in [0.05, 0.1) is 35.9 Å². The fourth-order valence-corrected chi connectivity index (χ4v) is 8.35. The molecule has 0 spiro atoms. The lowest BCUT2D eigenvalue weighted by Crippen LogP contribution is -2.47. The van der Waals surface area contributed by atoms with E-state index >= 15 is 0 Å². The van der Waals surface area contributed by atoms with Crippen molar-refractivity contribution in [3.63, 3.8) is 0 Å². The number of ketones is 1. The fourth-order valence-electron chi connectivity index (χ4n) is 6.96. The second kappa shape index (κ2) is 15.6. The van der Waals surface area contributed by atoms with Crippen molar-refractivity contribution in [1.82, 2.24) is 8.87 Å². The van der Waals surface area contributed by atoms with E-state index in [1.165, 1.54) is 22.8 Å². The maximum Gasteiger partial charge on any atom is 0.268 e. The minimum absolute atomic E-state index is 0.136. The first-order valence-electron chi connectivity index (χ1n) is 17.7. The fraction of sp³-hybridized carbons (Fsp3) is 0.233. The zero-order valence-electron chi connectivity index (χ0n) is 30.1. The molecule has 7 rings (SSSR count). The zero-order chi connectivity index (χ0) is 37.0. The predicted octanol–water partition coefficient (Wildman–Crippen LogP) is 7.77. The van der Waals surface area contributed by atoms with E-state index in [9.17, 15) is 13.2 Å². The van der Waals surface area contributed by atoms with Crippen LogP contribution in [0.4, 0.5) is 5.69 Å². The summed E-state index contributed by atoms with van der Waals surface area (Å²) in [6, 6.07) is 36.9. The van der Waals surface area contributed by atoms with Crippen LogP contribution < -0.4 is 19.1 Å². The number of piperazine rings is 1. The number of hydrogen-bond donors (Lipinski definition) is 0. The maximum absolute atomic E-state index is 14.2. The number of para-hydroxylation sites is 3. The molecule has 5 aromatic carbocycles. The van der Waals surface area contributed by atoms with Crippen LogP contribution in [0.3, 0.4) is 0 Å². The molecule has 1 saturated heterocycles. The van der Waals surface area contributed by atoms with E-state index in [-0.39, 0.29) is 22.3 Å². The van der Waals surface area contributed by atoms with E-state index in [0.717, 1.165) is 56.1 Å². The number of methoxy groups -OCH3 is 2. The molecule has 1 fully saturated rings. The summed E-state index contributed by atoms with van der Waals surface area (Å²) in [4.78, 5) is 19.2. The highest BCUT2D eigenvalue weighted by Crippen LogP contribution is 2.34. The van der Waals surface area contributed by atoms with E-state index in [1.807, 2.05) is 18.2 Å². The molecule has 1 aliphatic heterocycles. The van der Waals surface area contributed by atoms with Crippen LogP contribution in [0.25, 0.3) is 10.9 Å². The van der Waals surface area contributed by atoms with Gasteiger partial charge in [0.15, 0.2) is 5.78 Å². The Balaban J connectivity index is 1.11. The molecule has 1 aliphatic rings. The van der Waals surface area contributed by atoms with Gasteiger partial charge >= 0.3 is 0 Å². The van der Waals surface area contributed by atoms with Crippen LogP contribution in [-0.4, -0.2) is 70.0 Å². The number of carbonyl (C=O) groups excluding carboxylic acids is 1. The molecule has 9 nitrogen and oxygen atoms in total. The SMILES string of the molecule is COc1cc(OC(CCN2CCN(c3ccccc3OC)CC2)c2ccc(C)cc2)ccc1C(=O)c1cn(S(=O)(=O)c2ccccc2)c2ccccc12. The first-order chi connectivity index (χ1) is 25.8. The van der Waals surface area contributed by atoms with Crippen molar-refractivity contribution < 1.29 is 27.4 Å². The van der Waals surface area contributed by atoms with Gasteiger partial charge in [0, 0.05) is 62.4 Å². The van der Waals surface area contributed by atoms with Gasteiger partial charge in [-0.15, -0.1) is 0 Å². The number of aryl methyl sites for hydroxylation is 1. The molecule has 1 aromatic heterocycles. The molecular formula is C43H43N3O6S. The van der Waals surface area contributed by atoms with Crippen molar-refractivity contribution in [3.05, 3.63) is 150 Å². The van der Waals surface area contributed by atoms with Crippen molar-refractivity contribution >= 4 is 32.4 Å². The normalized spacial score (nSPS) is 14.2. The second-order valence-electron chi connectivity index (χ2n) is 13.2. The average molecular weight is 730 g/mol. The number of anilines is 1. The molecule has 272 valence electrons. The minimum Gasteiger partial charge on any atom is -0.496 e. The van der Waals surface area contributed by atoms with E-state index in [4.69, 9.17) is 14.2 Å². The number of ether oxygens (including phenoxy) is 3. The third-order valence-corrected chi connectivity index (χ3v) is 11.6. The van der Waals surface area contributed by atoms with Crippen LogP contribution in [0, 0.1) is 6.92 Å². The van der Waals surface area contributed by atoms with Crippen molar-refractivity contribution in [2.45, 2.75) is 24.3 Å². The Morgan fingerprint density at radius 1 is 0.736 bits per heavy atom. The Kier molecular flexibility index (Phi) is 10.5. The van der Waals surface area contributed by atoms with Crippen molar-refractivity contribution in [2.75, 3.05) is 51.8 Å². The molecule has 1 atom stereocenters. The molecule has 0 amide bonds. The Bertz CT molecular complexity index is 2310. The lowest BCUT2D eigenvalue weighted by molar-refractivity contribution is 0.103. The molecule has 2 heterocycles. The maximum atomic E-state index is 14.2. The molecule has 0 bridgehead atoms. The van der Waals surface area contributed by atoms with Crippen molar-refractivity contribution in [2.24, 2.45) is 0 Å². The number of benzene rings is 5. The van der Waals surface area contributed by atoms with E-state index < -0.39 is 10.0 Å². The molecule has 0 N–H and O–H groups in total. The first kappa shape index (κ1) is 35.8. The second-order valence-corrected chi connectivity index (χ2v) is 15.0. The van der Waals surface area contributed by atoms with Crippen molar-refractivity contribution in [3.8, 4) is 17.2 Å². The summed E-state index contributed by atoms with van der Waals surface area (Å²) in [7, 11) is -0.729. The van der Waals surface area contributed by atoms with Crippen LogP contribution in [0.5, 0.6) is 17.2 Å². The molecule has 53 heavy (non-hydrogen) atoms. The average Bonchev–Trinajstić information content (AvgIpc) is 3.61. The third-order valence-electron chi connectivity index (χ3n) is 9.87. The molecule has 6 aromatic rings. The van der Waals surface area contributed by atoms with Gasteiger partial charge in [0.25, 0.3) is 10.0 Å². The summed E-state index contributed by atoms with van der Waals surface area (Å²) < 4.78 is 46.6. The van der Waals surface area contributed by atoms with Crippen molar-refractivity contribution in [1.29, 1.82) is 0 Å². The molecule has 10 heteroatoms. The van der Waals surface area contributed by atoms with Gasteiger partial charge in [0.2, 0.25) is 0 Å². The summed E-state index contributed by atoms with van der Waals surface area (Å²) in [5.74, 6) is 1.44. The van der Waals surface area contributed by atoms with E-state index in [1.54, 1.807) is 79.9 Å². The summed E-state index contributed by atoms with van der Waals surface area (Å²) in [6.45, 7) is 6.57. The molecule has 0 radical (unpaired) electrons. The topological polar surface area (TPSA) is 90.3 Å². The van der Waals surface area contributed by atoms with Crippen LogP contribution in [0.2, 0.25) is 0 Å². The highest BCUT2D eigenvalue weighted by Gasteiger charge is 2.27. The van der Waals surface area contributed by atoms with E-state index in [2.05, 4.69) is 47.1 Å². The summed E-state index contributed by atoms with van der Waals surface area (Å²) >= 11 is 0. The van der Waals surface area contributed by atoms with E-state index in [0.29, 0.717) is 28.0 Å². The Labute approximate surface area is 311 Å². The number of nitrogens with zero attached hydrogens (tertiary/aromatic N) is 3. The largest absolute Gasteiger partial charge is 0.496 e. The summed E-state index contributed by atoms with van der Waals surface area (Å²) in [6.07, 6.45) is 1.93. The first-order valence-corrected chi connectivity index (χ1v) is 19.2. The van der Waals surface area contributed by atoms with Gasteiger partial charge in [-0.1, -0.05) is 78.4 Å². The van der Waals surface area contributed by atoms with Crippen LogP contribution >= 0.6 is 0 Å². The number of carbonyl (C=O) groups is 1. The lowest BCUT2D eigenvalue weighted by Gasteiger charge is -2.37. The molecular weight excluding hydrogens is 687 g/mol. The molecule has 1 unspecified atom stereocenters. The third kappa shape index (κ3) is 7.51. The van der Waals surface area contributed by atoms with Gasteiger partial charge in [-0.2, -0.15) is 0 Å². The number of fused-ring (bicyclic) bond motifs is 1. The number of aromatic nitrogens is 1. The smallest absolute Gasteiger partial charge is 0.268 e. The quantitative estimate of drug-likeness (QED) is 0.112. The predicted molar refractivity (Wildman–Crippen MR) is 208 cm³/mol. The van der Waals surface area contributed by atoms with Gasteiger partial charge in [-0.3, -0.25) is 9.69 Å². The van der Waals surface area contributed by atoms with Gasteiger partial charge in [-0.25, -0.2) is 12.4 Å². The number of rotatable bonds is 13. The summed E-state index contributed by atoms with van der Waals surface area (Å²) in [5.41, 5.74) is 4.34. The number of hydrogen-bond acceptors (Lipinski definition) is 8.